The number of pyridine rings is 1. The number of ether oxygens (including phenoxy) is 1. The Morgan fingerprint density at radius 2 is 2.00 bits per heavy atom. The molecule has 4 aromatic rings. The van der Waals surface area contributed by atoms with Crippen LogP contribution in [0.2, 0.25) is 0 Å². The maximum atomic E-state index is 14.3. The van der Waals surface area contributed by atoms with Crippen molar-refractivity contribution in [3.63, 3.8) is 0 Å². The van der Waals surface area contributed by atoms with Crippen molar-refractivity contribution in [2.24, 2.45) is 0 Å². The minimum absolute atomic E-state index is 0.0857. The lowest BCUT2D eigenvalue weighted by molar-refractivity contribution is -0.117. The lowest BCUT2D eigenvalue weighted by Crippen LogP contribution is -2.24. The number of benzene rings is 2. The molecule has 0 aliphatic heterocycles. The second-order valence-electron chi connectivity index (χ2n) is 6.98. The van der Waals surface area contributed by atoms with Gasteiger partial charge in [-0.15, -0.1) is 0 Å². The maximum Gasteiger partial charge on any atom is 0.244 e. The minimum Gasteiger partial charge on any atom is -0.453 e. The van der Waals surface area contributed by atoms with E-state index in [1.54, 1.807) is 41.5 Å². The van der Waals surface area contributed by atoms with Gasteiger partial charge < -0.3 is 10.1 Å². The summed E-state index contributed by atoms with van der Waals surface area (Å²) in [7, 11) is 0. The van der Waals surface area contributed by atoms with Crippen molar-refractivity contribution in [1.82, 2.24) is 25.1 Å². The van der Waals surface area contributed by atoms with Gasteiger partial charge in [-0.05, 0) is 60.5 Å². The van der Waals surface area contributed by atoms with Crippen molar-refractivity contribution >= 4 is 12.0 Å². The van der Waals surface area contributed by atoms with Gasteiger partial charge in [-0.3, -0.25) is 9.78 Å². The average molecular weight is 429 g/mol. The Balaban J connectivity index is 1.35. The highest BCUT2D eigenvalue weighted by molar-refractivity contribution is 5.92. The Kier molecular flexibility index (Phi) is 6.31. The van der Waals surface area contributed by atoms with Gasteiger partial charge in [0.05, 0.1) is 17.9 Å². The molecule has 0 bridgehead atoms. The second kappa shape index (κ2) is 9.65. The molecular weight excluding hydrogens is 409 g/mol. The molecule has 2 aromatic carbocycles. The van der Waals surface area contributed by atoms with Crippen molar-refractivity contribution in [3.8, 4) is 17.2 Å². The molecule has 0 spiro atoms. The SMILES string of the molecule is CC(NC(=O)/C=C/c1ccc(Oc2cccnc2)c(F)c1)c1ccc(-n2cncn2)cc1. The molecule has 160 valence electrons. The van der Waals surface area contributed by atoms with Crippen LogP contribution in [0, 0.1) is 5.82 Å². The first-order valence-corrected chi connectivity index (χ1v) is 9.89. The van der Waals surface area contributed by atoms with Gasteiger partial charge in [0.25, 0.3) is 0 Å². The van der Waals surface area contributed by atoms with Crippen LogP contribution in [0.5, 0.6) is 11.5 Å². The lowest BCUT2D eigenvalue weighted by Gasteiger charge is -2.13. The Hall–Kier alpha value is -4.33. The van der Waals surface area contributed by atoms with Crippen molar-refractivity contribution < 1.29 is 13.9 Å². The lowest BCUT2D eigenvalue weighted by atomic mass is 10.1. The van der Waals surface area contributed by atoms with Gasteiger partial charge in [0, 0.05) is 12.3 Å². The molecule has 32 heavy (non-hydrogen) atoms. The molecule has 0 radical (unpaired) electrons. The van der Waals surface area contributed by atoms with Crippen LogP contribution < -0.4 is 10.1 Å². The summed E-state index contributed by atoms with van der Waals surface area (Å²) in [6.07, 6.45) is 9.11. The number of aromatic nitrogens is 4. The van der Waals surface area contributed by atoms with E-state index in [-0.39, 0.29) is 17.7 Å². The molecule has 8 heteroatoms. The van der Waals surface area contributed by atoms with E-state index >= 15 is 0 Å². The minimum atomic E-state index is -0.530. The number of hydrogen-bond donors (Lipinski definition) is 1. The van der Waals surface area contributed by atoms with Crippen molar-refractivity contribution in [2.75, 3.05) is 0 Å². The first-order valence-electron chi connectivity index (χ1n) is 9.89. The van der Waals surface area contributed by atoms with Crippen LogP contribution in [0.4, 0.5) is 4.39 Å². The third kappa shape index (κ3) is 5.23. The summed E-state index contributed by atoms with van der Waals surface area (Å²) in [6, 6.07) is 15.3. The van der Waals surface area contributed by atoms with Crippen LogP contribution in [-0.4, -0.2) is 25.7 Å². The van der Waals surface area contributed by atoms with E-state index in [1.807, 2.05) is 31.2 Å². The third-order valence-corrected chi connectivity index (χ3v) is 4.68. The molecule has 0 saturated carbocycles. The van der Waals surface area contributed by atoms with Crippen LogP contribution in [0.25, 0.3) is 11.8 Å². The van der Waals surface area contributed by atoms with Crippen molar-refractivity contribution in [1.29, 1.82) is 0 Å². The van der Waals surface area contributed by atoms with E-state index in [2.05, 4.69) is 20.4 Å². The zero-order chi connectivity index (χ0) is 22.3. The zero-order valence-corrected chi connectivity index (χ0v) is 17.2. The highest BCUT2D eigenvalue weighted by atomic mass is 19.1. The van der Waals surface area contributed by atoms with E-state index in [0.29, 0.717) is 11.3 Å². The second-order valence-corrected chi connectivity index (χ2v) is 6.98. The Bertz CT molecular complexity index is 1210. The van der Waals surface area contributed by atoms with Crippen molar-refractivity contribution in [3.05, 3.63) is 103 Å². The molecule has 1 unspecified atom stereocenters. The van der Waals surface area contributed by atoms with E-state index in [0.717, 1.165) is 11.3 Å². The van der Waals surface area contributed by atoms with Gasteiger partial charge >= 0.3 is 0 Å². The van der Waals surface area contributed by atoms with E-state index in [4.69, 9.17) is 4.74 Å². The molecule has 1 N–H and O–H groups in total. The first kappa shape index (κ1) is 20.9. The van der Waals surface area contributed by atoms with Gasteiger partial charge in [0.2, 0.25) is 5.91 Å². The predicted molar refractivity (Wildman–Crippen MR) is 118 cm³/mol. The Morgan fingerprint density at radius 3 is 2.69 bits per heavy atom. The van der Waals surface area contributed by atoms with E-state index in [1.165, 1.54) is 30.7 Å². The Morgan fingerprint density at radius 1 is 1.16 bits per heavy atom. The van der Waals surface area contributed by atoms with Crippen LogP contribution in [-0.2, 0) is 4.79 Å². The van der Waals surface area contributed by atoms with Gasteiger partial charge in [0.15, 0.2) is 11.6 Å². The van der Waals surface area contributed by atoms with Crippen LogP contribution >= 0.6 is 0 Å². The molecule has 4 rings (SSSR count). The monoisotopic (exact) mass is 429 g/mol. The summed E-state index contributed by atoms with van der Waals surface area (Å²) in [5.74, 6) is -0.286. The van der Waals surface area contributed by atoms with Crippen LogP contribution in [0.1, 0.15) is 24.1 Å². The smallest absolute Gasteiger partial charge is 0.244 e. The number of rotatable bonds is 7. The predicted octanol–water partition coefficient (Wildman–Crippen LogP) is 4.48. The summed E-state index contributed by atoms with van der Waals surface area (Å²) in [5, 5.41) is 6.98. The summed E-state index contributed by atoms with van der Waals surface area (Å²) in [5.41, 5.74) is 2.36. The molecular formula is C24H20FN5O2. The fourth-order valence-electron chi connectivity index (χ4n) is 3.01. The van der Waals surface area contributed by atoms with Gasteiger partial charge in [0.1, 0.15) is 18.4 Å². The summed E-state index contributed by atoms with van der Waals surface area (Å²) in [4.78, 5) is 20.2. The standard InChI is InChI=1S/C24H20FN5O2/c1-17(19-6-8-20(9-7-19)30-16-27-15-28-30)29-24(31)11-5-18-4-10-23(22(25)13-18)32-21-3-2-12-26-14-21/h2-17H,1H3,(H,29,31)/b11-5+. The van der Waals surface area contributed by atoms with Crippen LogP contribution in [0.3, 0.4) is 0 Å². The number of hydrogen-bond acceptors (Lipinski definition) is 5. The zero-order valence-electron chi connectivity index (χ0n) is 17.2. The number of nitrogens with one attached hydrogen (secondary N) is 1. The molecule has 0 saturated heterocycles. The highest BCUT2D eigenvalue weighted by Gasteiger charge is 2.09. The fourth-order valence-corrected chi connectivity index (χ4v) is 3.01. The molecule has 7 nitrogen and oxygen atoms in total. The average Bonchev–Trinajstić information content (AvgIpc) is 3.35. The third-order valence-electron chi connectivity index (χ3n) is 4.68. The Labute approximate surface area is 184 Å². The molecule has 1 amide bonds. The molecule has 0 fully saturated rings. The molecule has 0 aliphatic carbocycles. The molecule has 1 atom stereocenters. The topological polar surface area (TPSA) is 81.9 Å². The largest absolute Gasteiger partial charge is 0.453 e. The molecule has 0 aliphatic rings. The number of halogens is 1. The number of carbonyl (C=O) groups excluding carboxylic acids is 1. The highest BCUT2D eigenvalue weighted by Crippen LogP contribution is 2.25. The number of nitrogens with zero attached hydrogens (tertiary/aromatic N) is 4. The molecule has 2 aromatic heterocycles. The summed E-state index contributed by atoms with van der Waals surface area (Å²) < 4.78 is 21.5. The summed E-state index contributed by atoms with van der Waals surface area (Å²) >= 11 is 0. The normalized spacial score (nSPS) is 11.9. The quantitative estimate of drug-likeness (QED) is 0.438. The number of amides is 1. The first-order chi connectivity index (χ1) is 15.6. The van der Waals surface area contributed by atoms with Crippen LogP contribution in [0.15, 0.2) is 85.7 Å². The van der Waals surface area contributed by atoms with E-state index in [9.17, 15) is 9.18 Å². The molecule has 2 heterocycles. The van der Waals surface area contributed by atoms with E-state index < -0.39 is 5.82 Å². The number of carbonyl (C=O) groups is 1. The fraction of sp³-hybridized carbons (Fsp3) is 0.0833. The van der Waals surface area contributed by atoms with Gasteiger partial charge in [-0.2, -0.15) is 5.10 Å². The van der Waals surface area contributed by atoms with Gasteiger partial charge in [-0.25, -0.2) is 14.1 Å². The van der Waals surface area contributed by atoms with Crippen molar-refractivity contribution in [2.45, 2.75) is 13.0 Å². The maximum absolute atomic E-state index is 14.3. The van der Waals surface area contributed by atoms with Gasteiger partial charge in [-0.1, -0.05) is 18.2 Å². The summed E-state index contributed by atoms with van der Waals surface area (Å²) in [6.45, 7) is 1.89.